The number of hydrogen-bond acceptors (Lipinski definition) is 4. The van der Waals surface area contributed by atoms with E-state index in [0.717, 1.165) is 5.56 Å². The Hall–Kier alpha value is -2.34. The molecule has 1 heterocycles. The number of thiophene rings is 1. The second-order valence-electron chi connectivity index (χ2n) is 4.22. The Labute approximate surface area is 126 Å². The number of nitrogens with one attached hydrogen (secondary N) is 2. The number of carbonyl (C=O) groups excluding carboxylic acids is 2. The summed E-state index contributed by atoms with van der Waals surface area (Å²) in [6.07, 6.45) is -0.496. The first kappa shape index (κ1) is 15.1. The Morgan fingerprint density at radius 1 is 1.00 bits per heavy atom. The Balaban J connectivity index is 1.58. The van der Waals surface area contributed by atoms with E-state index in [2.05, 4.69) is 10.6 Å². The molecule has 0 radical (unpaired) electrons. The molecule has 21 heavy (non-hydrogen) atoms. The van der Waals surface area contributed by atoms with Crippen molar-refractivity contribution in [2.24, 2.45) is 0 Å². The van der Waals surface area contributed by atoms with Crippen molar-refractivity contribution in [3.8, 4) is 0 Å². The largest absolute Gasteiger partial charge is 0.445 e. The third-order valence-corrected chi connectivity index (χ3v) is 3.51. The van der Waals surface area contributed by atoms with Crippen molar-refractivity contribution in [1.82, 2.24) is 10.6 Å². The van der Waals surface area contributed by atoms with Crippen LogP contribution < -0.4 is 10.6 Å². The Morgan fingerprint density at radius 2 is 1.76 bits per heavy atom. The second kappa shape index (κ2) is 8.06. The van der Waals surface area contributed by atoms with E-state index in [4.69, 9.17) is 4.74 Å². The van der Waals surface area contributed by atoms with Gasteiger partial charge in [0.05, 0.1) is 4.88 Å². The molecule has 6 heteroatoms. The maximum Gasteiger partial charge on any atom is 0.407 e. The first-order chi connectivity index (χ1) is 10.3. The van der Waals surface area contributed by atoms with E-state index in [1.807, 2.05) is 41.8 Å². The van der Waals surface area contributed by atoms with Crippen molar-refractivity contribution in [3.05, 3.63) is 58.3 Å². The molecule has 110 valence electrons. The number of alkyl carbamates (subject to hydrolysis) is 1. The monoisotopic (exact) mass is 304 g/mol. The molecule has 1 aromatic carbocycles. The highest BCUT2D eigenvalue weighted by Crippen LogP contribution is 2.07. The number of amides is 2. The molecule has 0 aliphatic rings. The van der Waals surface area contributed by atoms with Crippen LogP contribution in [0.2, 0.25) is 0 Å². The van der Waals surface area contributed by atoms with Gasteiger partial charge in [-0.15, -0.1) is 11.3 Å². The van der Waals surface area contributed by atoms with E-state index >= 15 is 0 Å². The van der Waals surface area contributed by atoms with Crippen LogP contribution in [0.1, 0.15) is 15.2 Å². The number of hydrogen-bond donors (Lipinski definition) is 2. The summed E-state index contributed by atoms with van der Waals surface area (Å²) in [5.74, 6) is -0.135. The molecule has 0 aliphatic heterocycles. The molecule has 0 saturated heterocycles. The summed E-state index contributed by atoms with van der Waals surface area (Å²) in [6.45, 7) is 0.913. The predicted octanol–water partition coefficient (Wildman–Crippen LogP) is 2.40. The summed E-state index contributed by atoms with van der Waals surface area (Å²) < 4.78 is 5.05. The van der Waals surface area contributed by atoms with Gasteiger partial charge in [-0.1, -0.05) is 36.4 Å². The molecule has 2 amide bonds. The maximum atomic E-state index is 11.6. The maximum absolute atomic E-state index is 11.6. The smallest absolute Gasteiger partial charge is 0.407 e. The quantitative estimate of drug-likeness (QED) is 0.805. The lowest BCUT2D eigenvalue weighted by molar-refractivity contribution is 0.0955. The predicted molar refractivity (Wildman–Crippen MR) is 81.3 cm³/mol. The van der Waals surface area contributed by atoms with E-state index in [1.165, 1.54) is 11.3 Å². The fraction of sp³-hybridized carbons (Fsp3) is 0.200. The zero-order valence-electron chi connectivity index (χ0n) is 11.4. The highest BCUT2D eigenvalue weighted by molar-refractivity contribution is 7.12. The van der Waals surface area contributed by atoms with Crippen LogP contribution in [0.4, 0.5) is 4.79 Å². The summed E-state index contributed by atoms with van der Waals surface area (Å²) in [5, 5.41) is 7.14. The zero-order chi connectivity index (χ0) is 14.9. The molecule has 1 aromatic heterocycles. The van der Waals surface area contributed by atoms with Crippen LogP contribution in [-0.4, -0.2) is 25.1 Å². The molecular formula is C15H16N2O3S. The van der Waals surface area contributed by atoms with Gasteiger partial charge in [0, 0.05) is 13.1 Å². The van der Waals surface area contributed by atoms with Crippen molar-refractivity contribution in [2.45, 2.75) is 6.61 Å². The van der Waals surface area contributed by atoms with Crippen molar-refractivity contribution >= 4 is 23.3 Å². The average molecular weight is 304 g/mol. The van der Waals surface area contributed by atoms with Crippen molar-refractivity contribution in [1.29, 1.82) is 0 Å². The van der Waals surface area contributed by atoms with Crippen molar-refractivity contribution in [2.75, 3.05) is 13.1 Å². The van der Waals surface area contributed by atoms with Crippen LogP contribution >= 0.6 is 11.3 Å². The van der Waals surface area contributed by atoms with Gasteiger partial charge < -0.3 is 15.4 Å². The highest BCUT2D eigenvalue weighted by Gasteiger charge is 2.06. The first-order valence-corrected chi connectivity index (χ1v) is 7.40. The van der Waals surface area contributed by atoms with Gasteiger partial charge in [-0.05, 0) is 17.0 Å². The normalized spacial score (nSPS) is 9.90. The first-order valence-electron chi connectivity index (χ1n) is 6.52. The van der Waals surface area contributed by atoms with E-state index in [9.17, 15) is 9.59 Å². The van der Waals surface area contributed by atoms with Crippen LogP contribution in [0.15, 0.2) is 47.8 Å². The minimum atomic E-state index is -0.496. The summed E-state index contributed by atoms with van der Waals surface area (Å²) >= 11 is 1.38. The molecule has 0 saturated carbocycles. The van der Waals surface area contributed by atoms with Gasteiger partial charge in [-0.3, -0.25) is 4.79 Å². The Bertz CT molecular complexity index is 570. The SMILES string of the molecule is O=C(NCCNC(=O)c1cccs1)OCc1ccccc1. The molecule has 0 aliphatic carbocycles. The minimum Gasteiger partial charge on any atom is -0.445 e. The van der Waals surface area contributed by atoms with Crippen LogP contribution in [0.3, 0.4) is 0 Å². The number of carbonyl (C=O) groups is 2. The van der Waals surface area contributed by atoms with Crippen molar-refractivity contribution in [3.63, 3.8) is 0 Å². The molecule has 2 rings (SSSR count). The molecule has 2 N–H and O–H groups in total. The molecule has 0 unspecified atom stereocenters. The van der Waals surface area contributed by atoms with E-state index < -0.39 is 6.09 Å². The van der Waals surface area contributed by atoms with Crippen molar-refractivity contribution < 1.29 is 14.3 Å². The average Bonchev–Trinajstić information content (AvgIpc) is 3.05. The van der Waals surface area contributed by atoms with Gasteiger partial charge >= 0.3 is 6.09 Å². The fourth-order valence-electron chi connectivity index (χ4n) is 1.61. The number of ether oxygens (including phenoxy) is 1. The lowest BCUT2D eigenvalue weighted by Crippen LogP contribution is -2.34. The van der Waals surface area contributed by atoms with Gasteiger partial charge in [0.1, 0.15) is 6.61 Å². The summed E-state index contributed by atoms with van der Waals surface area (Å²) in [5.41, 5.74) is 0.929. The van der Waals surface area contributed by atoms with E-state index in [0.29, 0.717) is 18.0 Å². The third kappa shape index (κ3) is 5.27. The lowest BCUT2D eigenvalue weighted by Gasteiger charge is -2.07. The topological polar surface area (TPSA) is 67.4 Å². The minimum absolute atomic E-state index is 0.135. The standard InChI is InChI=1S/C15H16N2O3S/c18-14(13-7-4-10-21-13)16-8-9-17-15(19)20-11-12-5-2-1-3-6-12/h1-7,10H,8-9,11H2,(H,16,18)(H,17,19). The Kier molecular flexibility index (Phi) is 5.78. The summed E-state index contributed by atoms with van der Waals surface area (Å²) in [7, 11) is 0. The number of benzene rings is 1. The van der Waals surface area contributed by atoms with Crippen LogP contribution in [0.5, 0.6) is 0 Å². The summed E-state index contributed by atoms with van der Waals surface area (Å²) in [4.78, 5) is 23.7. The third-order valence-electron chi connectivity index (χ3n) is 2.64. The lowest BCUT2D eigenvalue weighted by atomic mass is 10.2. The van der Waals surface area contributed by atoms with E-state index in [1.54, 1.807) is 6.07 Å². The molecule has 2 aromatic rings. The molecule has 5 nitrogen and oxygen atoms in total. The summed E-state index contributed by atoms with van der Waals surface area (Å²) in [6, 6.07) is 13.0. The molecule has 0 bridgehead atoms. The molecular weight excluding hydrogens is 288 g/mol. The highest BCUT2D eigenvalue weighted by atomic mass is 32.1. The molecule has 0 spiro atoms. The van der Waals surface area contributed by atoms with E-state index in [-0.39, 0.29) is 12.5 Å². The van der Waals surface area contributed by atoms with Gasteiger partial charge in [-0.2, -0.15) is 0 Å². The fourth-order valence-corrected chi connectivity index (χ4v) is 2.25. The Morgan fingerprint density at radius 3 is 2.48 bits per heavy atom. The second-order valence-corrected chi connectivity index (χ2v) is 5.17. The zero-order valence-corrected chi connectivity index (χ0v) is 12.2. The van der Waals surface area contributed by atoms with Gasteiger partial charge in [0.15, 0.2) is 0 Å². The van der Waals surface area contributed by atoms with Crippen LogP contribution in [-0.2, 0) is 11.3 Å². The van der Waals surface area contributed by atoms with Gasteiger partial charge in [0.25, 0.3) is 5.91 Å². The van der Waals surface area contributed by atoms with Crippen LogP contribution in [0, 0.1) is 0 Å². The van der Waals surface area contributed by atoms with Gasteiger partial charge in [-0.25, -0.2) is 4.79 Å². The van der Waals surface area contributed by atoms with Gasteiger partial charge in [0.2, 0.25) is 0 Å². The number of rotatable bonds is 6. The molecule has 0 atom stereocenters. The molecule has 0 fully saturated rings. The van der Waals surface area contributed by atoms with Crippen LogP contribution in [0.25, 0.3) is 0 Å².